The average molecular weight is 274 g/mol. The predicted molar refractivity (Wildman–Crippen MR) is 76.5 cm³/mol. The number of nitrogens with two attached hydrogens (primary N) is 1. The predicted octanol–water partition coefficient (Wildman–Crippen LogP) is 2.32. The highest BCUT2D eigenvalue weighted by atomic mass is 16.3. The quantitative estimate of drug-likeness (QED) is 0.576. The van der Waals surface area contributed by atoms with Crippen molar-refractivity contribution in [2.75, 3.05) is 5.73 Å². The number of nitrogens with one attached hydrogen (secondary N) is 1. The maximum Gasteiger partial charge on any atom is 0.253 e. The van der Waals surface area contributed by atoms with Gasteiger partial charge in [-0.2, -0.15) is 0 Å². The SMILES string of the molecule is CC(CCc1ccco1)NC(=O)c1cc(O)ccc1N. The van der Waals surface area contributed by atoms with Crippen LogP contribution in [0.2, 0.25) is 0 Å². The van der Waals surface area contributed by atoms with Gasteiger partial charge >= 0.3 is 0 Å². The first-order valence-corrected chi connectivity index (χ1v) is 6.48. The summed E-state index contributed by atoms with van der Waals surface area (Å²) >= 11 is 0. The van der Waals surface area contributed by atoms with Crippen LogP contribution >= 0.6 is 0 Å². The fourth-order valence-corrected chi connectivity index (χ4v) is 1.93. The van der Waals surface area contributed by atoms with E-state index < -0.39 is 0 Å². The summed E-state index contributed by atoms with van der Waals surface area (Å²) in [5.74, 6) is 0.626. The molecule has 1 atom stereocenters. The zero-order chi connectivity index (χ0) is 14.5. The van der Waals surface area contributed by atoms with E-state index in [1.165, 1.54) is 18.2 Å². The van der Waals surface area contributed by atoms with Crippen molar-refractivity contribution < 1.29 is 14.3 Å². The number of hydrogen-bond acceptors (Lipinski definition) is 4. The van der Waals surface area contributed by atoms with Gasteiger partial charge in [0.2, 0.25) is 0 Å². The molecule has 20 heavy (non-hydrogen) atoms. The molecule has 0 aliphatic rings. The molecule has 0 aliphatic carbocycles. The first-order valence-electron chi connectivity index (χ1n) is 6.48. The molecule has 0 saturated carbocycles. The number of phenols is 1. The summed E-state index contributed by atoms with van der Waals surface area (Å²) in [6.07, 6.45) is 3.15. The lowest BCUT2D eigenvalue weighted by Gasteiger charge is -2.14. The number of carbonyl (C=O) groups excluding carboxylic acids is 1. The highest BCUT2D eigenvalue weighted by molar-refractivity contribution is 5.99. The third-order valence-corrected chi connectivity index (χ3v) is 3.06. The third-order valence-electron chi connectivity index (χ3n) is 3.06. The summed E-state index contributed by atoms with van der Waals surface area (Å²) in [5, 5.41) is 12.3. The van der Waals surface area contributed by atoms with Gasteiger partial charge in [0.25, 0.3) is 5.91 Å². The number of anilines is 1. The Bertz CT molecular complexity index is 579. The van der Waals surface area contributed by atoms with Crippen LogP contribution < -0.4 is 11.1 Å². The van der Waals surface area contributed by atoms with E-state index in [1.807, 2.05) is 19.1 Å². The molecule has 2 rings (SSSR count). The van der Waals surface area contributed by atoms with Crippen molar-refractivity contribution >= 4 is 11.6 Å². The molecule has 0 aliphatic heterocycles. The lowest BCUT2D eigenvalue weighted by molar-refractivity contribution is 0.0938. The van der Waals surface area contributed by atoms with Crippen LogP contribution in [0.25, 0.3) is 0 Å². The number of aromatic hydroxyl groups is 1. The minimum atomic E-state index is -0.287. The van der Waals surface area contributed by atoms with Crippen molar-refractivity contribution in [1.29, 1.82) is 0 Å². The third kappa shape index (κ3) is 3.54. The van der Waals surface area contributed by atoms with Gasteiger partial charge in [-0.3, -0.25) is 4.79 Å². The van der Waals surface area contributed by atoms with Crippen LogP contribution in [-0.4, -0.2) is 17.1 Å². The van der Waals surface area contributed by atoms with Gasteiger partial charge in [0.1, 0.15) is 11.5 Å². The number of carbonyl (C=O) groups is 1. The molecule has 5 heteroatoms. The van der Waals surface area contributed by atoms with Gasteiger partial charge in [-0.25, -0.2) is 0 Å². The van der Waals surface area contributed by atoms with Crippen LogP contribution in [0.4, 0.5) is 5.69 Å². The minimum Gasteiger partial charge on any atom is -0.508 e. The molecule has 1 unspecified atom stereocenters. The van der Waals surface area contributed by atoms with Gasteiger partial charge in [0.05, 0.1) is 11.8 Å². The molecule has 1 amide bonds. The molecular weight excluding hydrogens is 256 g/mol. The highest BCUT2D eigenvalue weighted by Crippen LogP contribution is 2.18. The molecule has 0 radical (unpaired) electrons. The van der Waals surface area contributed by atoms with Crippen molar-refractivity contribution in [3.63, 3.8) is 0 Å². The molecule has 0 fully saturated rings. The van der Waals surface area contributed by atoms with Crippen molar-refractivity contribution in [3.05, 3.63) is 47.9 Å². The molecule has 0 spiro atoms. The van der Waals surface area contributed by atoms with E-state index in [0.717, 1.165) is 18.6 Å². The van der Waals surface area contributed by atoms with Crippen molar-refractivity contribution in [2.45, 2.75) is 25.8 Å². The fraction of sp³-hybridized carbons (Fsp3) is 0.267. The summed E-state index contributed by atoms with van der Waals surface area (Å²) in [6.45, 7) is 1.92. The zero-order valence-electron chi connectivity index (χ0n) is 11.3. The molecule has 1 heterocycles. The van der Waals surface area contributed by atoms with Gasteiger partial charge < -0.3 is 20.6 Å². The summed E-state index contributed by atoms with van der Waals surface area (Å²) in [6, 6.07) is 8.05. The first kappa shape index (κ1) is 14.0. The van der Waals surface area contributed by atoms with Crippen LogP contribution in [0.15, 0.2) is 41.0 Å². The number of nitrogen functional groups attached to an aromatic ring is 1. The number of amides is 1. The number of rotatable bonds is 5. The van der Waals surface area contributed by atoms with Crippen molar-refractivity contribution in [2.24, 2.45) is 0 Å². The Morgan fingerprint density at radius 2 is 2.25 bits per heavy atom. The second kappa shape index (κ2) is 6.14. The van der Waals surface area contributed by atoms with Crippen LogP contribution in [0.5, 0.6) is 5.75 Å². The molecule has 4 N–H and O–H groups in total. The monoisotopic (exact) mass is 274 g/mol. The molecule has 1 aromatic carbocycles. The maximum absolute atomic E-state index is 12.1. The van der Waals surface area contributed by atoms with E-state index in [1.54, 1.807) is 6.26 Å². The van der Waals surface area contributed by atoms with Crippen LogP contribution in [-0.2, 0) is 6.42 Å². The molecule has 1 aromatic heterocycles. The zero-order valence-corrected chi connectivity index (χ0v) is 11.3. The average Bonchev–Trinajstić information content (AvgIpc) is 2.92. The van der Waals surface area contributed by atoms with E-state index in [4.69, 9.17) is 10.2 Å². The first-order chi connectivity index (χ1) is 9.56. The molecule has 5 nitrogen and oxygen atoms in total. The largest absolute Gasteiger partial charge is 0.508 e. The van der Waals surface area contributed by atoms with Gasteiger partial charge in [0.15, 0.2) is 0 Å². The van der Waals surface area contributed by atoms with E-state index in [9.17, 15) is 9.90 Å². The lowest BCUT2D eigenvalue weighted by atomic mass is 10.1. The second-order valence-corrected chi connectivity index (χ2v) is 4.76. The Balaban J connectivity index is 1.91. The van der Waals surface area contributed by atoms with Crippen molar-refractivity contribution in [3.8, 4) is 5.75 Å². The van der Waals surface area contributed by atoms with Gasteiger partial charge in [-0.15, -0.1) is 0 Å². The Hall–Kier alpha value is -2.43. The lowest BCUT2D eigenvalue weighted by Crippen LogP contribution is -2.33. The Kier molecular flexibility index (Phi) is 4.30. The van der Waals surface area contributed by atoms with E-state index in [-0.39, 0.29) is 23.3 Å². The normalized spacial score (nSPS) is 12.1. The molecule has 2 aromatic rings. The van der Waals surface area contributed by atoms with Crippen LogP contribution in [0.3, 0.4) is 0 Å². The highest BCUT2D eigenvalue weighted by Gasteiger charge is 2.13. The Labute approximate surface area is 117 Å². The van der Waals surface area contributed by atoms with Crippen molar-refractivity contribution in [1.82, 2.24) is 5.32 Å². The van der Waals surface area contributed by atoms with E-state index >= 15 is 0 Å². The van der Waals surface area contributed by atoms with Gasteiger partial charge in [0, 0.05) is 18.2 Å². The number of benzene rings is 1. The smallest absolute Gasteiger partial charge is 0.253 e. The number of phenolic OH excluding ortho intramolecular Hbond substituents is 1. The topological polar surface area (TPSA) is 88.5 Å². The van der Waals surface area contributed by atoms with E-state index in [2.05, 4.69) is 5.32 Å². The van der Waals surface area contributed by atoms with Gasteiger partial charge in [-0.1, -0.05) is 0 Å². The minimum absolute atomic E-state index is 0.0191. The Morgan fingerprint density at radius 3 is 2.95 bits per heavy atom. The molecule has 106 valence electrons. The van der Waals surface area contributed by atoms with Gasteiger partial charge in [-0.05, 0) is 43.7 Å². The summed E-state index contributed by atoms with van der Waals surface area (Å²) in [5.41, 5.74) is 6.36. The maximum atomic E-state index is 12.1. The molecule has 0 bridgehead atoms. The second-order valence-electron chi connectivity index (χ2n) is 4.76. The number of furan rings is 1. The number of hydrogen-bond donors (Lipinski definition) is 3. The standard InChI is InChI=1S/C15H18N2O3/c1-10(4-6-12-3-2-8-20-12)17-15(19)13-9-11(18)5-7-14(13)16/h2-3,5,7-10,18H,4,6,16H2,1H3,(H,17,19). The molecule has 0 saturated heterocycles. The summed E-state index contributed by atoms with van der Waals surface area (Å²) in [7, 11) is 0. The van der Waals surface area contributed by atoms with Crippen LogP contribution in [0.1, 0.15) is 29.5 Å². The molecular formula is C15H18N2O3. The van der Waals surface area contributed by atoms with E-state index in [0.29, 0.717) is 5.69 Å². The Morgan fingerprint density at radius 1 is 1.45 bits per heavy atom. The van der Waals surface area contributed by atoms with Crippen LogP contribution in [0, 0.1) is 0 Å². The summed E-state index contributed by atoms with van der Waals surface area (Å²) in [4.78, 5) is 12.1. The number of aryl methyl sites for hydroxylation is 1. The fourth-order valence-electron chi connectivity index (χ4n) is 1.93. The summed E-state index contributed by atoms with van der Waals surface area (Å²) < 4.78 is 5.24.